The van der Waals surface area contributed by atoms with Crippen molar-refractivity contribution in [2.75, 3.05) is 0 Å². The molecule has 2 heterocycles. The molecule has 0 aliphatic heterocycles. The van der Waals surface area contributed by atoms with E-state index in [1.807, 2.05) is 36.4 Å². The van der Waals surface area contributed by atoms with E-state index < -0.39 is 0 Å². The number of aromatic nitrogens is 2. The van der Waals surface area contributed by atoms with Crippen molar-refractivity contribution in [2.24, 2.45) is 21.7 Å². The van der Waals surface area contributed by atoms with E-state index in [-0.39, 0.29) is 30.0 Å². The van der Waals surface area contributed by atoms with Crippen LogP contribution in [0.25, 0.3) is 0 Å². The van der Waals surface area contributed by atoms with Crippen LogP contribution in [0.15, 0.2) is 59.0 Å². The van der Waals surface area contributed by atoms with Crippen molar-refractivity contribution in [3.63, 3.8) is 0 Å². The van der Waals surface area contributed by atoms with Crippen LogP contribution in [-0.2, 0) is 0 Å². The maximum absolute atomic E-state index is 5.14. The molecule has 2 aromatic rings. The molecule has 0 fully saturated rings. The Bertz CT molecular complexity index is 633. The number of nitrogens with zero attached hydrogens (tertiary/aromatic N) is 4. The van der Waals surface area contributed by atoms with Gasteiger partial charge in [-0.2, -0.15) is 10.2 Å². The molecule has 11 heteroatoms. The predicted octanol–water partition coefficient (Wildman–Crippen LogP) is 0.117. The maximum Gasteiger partial charge on any atom is 3.00 e. The summed E-state index contributed by atoms with van der Waals surface area (Å²) in [5.41, 5.74) is 16.7. The van der Waals surface area contributed by atoms with Crippen LogP contribution in [0.1, 0.15) is 11.4 Å². The molecule has 2 aromatic heterocycles. The Hall–Kier alpha value is -2.34. The number of nitrogens with one attached hydrogen (secondary N) is 2. The Morgan fingerprint density at radius 2 is 1.24 bits per heavy atom. The summed E-state index contributed by atoms with van der Waals surface area (Å²) in [5, 5.41) is 7.76. The summed E-state index contributed by atoms with van der Waals surface area (Å²) in [6.45, 7) is 0. The van der Waals surface area contributed by atoms with Crippen LogP contribution in [0.2, 0.25) is 0 Å². The van der Waals surface area contributed by atoms with Crippen molar-refractivity contribution < 1.29 is 0 Å². The number of pyridine rings is 2. The number of hydrazone groups is 2. The van der Waals surface area contributed by atoms with E-state index in [2.05, 4.69) is 55.5 Å². The van der Waals surface area contributed by atoms with Crippen molar-refractivity contribution >= 4 is 66.9 Å². The fraction of sp³-hybridized carbons (Fsp3) is 0. The first-order valence-electron chi connectivity index (χ1n) is 6.57. The summed E-state index contributed by atoms with van der Waals surface area (Å²) >= 11 is 9.09. The summed E-state index contributed by atoms with van der Waals surface area (Å²) in [4.78, 5) is 8.00. The standard InChI is InChI=1S/2C7H8N4S.Ga/c2*8-7(12)11-10-5-6-3-1-2-4-9-6;/h2*1-5H,(H3,8,11,12);/q;;+3. The Kier molecular flexibility index (Phi) is 12.7. The van der Waals surface area contributed by atoms with Gasteiger partial charge in [-0.3, -0.25) is 20.8 Å². The first kappa shape index (κ1) is 22.7. The van der Waals surface area contributed by atoms with Crippen molar-refractivity contribution in [1.82, 2.24) is 20.8 Å². The molecular weight excluding hydrogens is 414 g/mol. The minimum absolute atomic E-state index is 0. The van der Waals surface area contributed by atoms with E-state index in [1.165, 1.54) is 0 Å². The number of thiocarbonyl (C=S) groups is 2. The van der Waals surface area contributed by atoms with E-state index in [9.17, 15) is 0 Å². The zero-order valence-corrected chi connectivity index (χ0v) is 17.2. The van der Waals surface area contributed by atoms with E-state index in [4.69, 9.17) is 11.5 Å². The molecular formula is C14H16GaN8S2+3. The zero-order valence-electron chi connectivity index (χ0n) is 13.1. The Morgan fingerprint density at radius 3 is 1.52 bits per heavy atom. The number of rotatable bonds is 4. The second-order valence-corrected chi connectivity index (χ2v) is 4.86. The molecule has 8 nitrogen and oxygen atoms in total. The van der Waals surface area contributed by atoms with E-state index in [1.54, 1.807) is 24.8 Å². The largest absolute Gasteiger partial charge is 3.00 e. The molecule has 0 unspecified atom stereocenters. The third-order valence-corrected chi connectivity index (χ3v) is 2.30. The van der Waals surface area contributed by atoms with Crippen molar-refractivity contribution in [3.05, 3.63) is 60.2 Å². The van der Waals surface area contributed by atoms with Gasteiger partial charge in [-0.1, -0.05) is 12.1 Å². The smallest absolute Gasteiger partial charge is 0.375 e. The fourth-order valence-corrected chi connectivity index (χ4v) is 1.33. The Morgan fingerprint density at radius 1 is 0.840 bits per heavy atom. The number of nitrogens with two attached hydrogens (primary N) is 2. The van der Waals surface area contributed by atoms with Crippen LogP contribution in [0.5, 0.6) is 0 Å². The summed E-state index contributed by atoms with van der Waals surface area (Å²) in [6.07, 6.45) is 6.45. The topological polar surface area (TPSA) is 127 Å². The molecule has 25 heavy (non-hydrogen) atoms. The van der Waals surface area contributed by atoms with Crippen LogP contribution in [0.4, 0.5) is 0 Å². The SMILES string of the molecule is NC(=S)NN=Cc1ccccn1.NC(=S)NN=Cc1ccccn1.[Ga+3]. The molecule has 6 N–H and O–H groups in total. The van der Waals surface area contributed by atoms with Gasteiger partial charge in [0.15, 0.2) is 10.2 Å². The molecule has 0 saturated heterocycles. The summed E-state index contributed by atoms with van der Waals surface area (Å²) in [5.74, 6) is 0. The quantitative estimate of drug-likeness (QED) is 0.233. The second kappa shape index (κ2) is 14.0. The van der Waals surface area contributed by atoms with Gasteiger partial charge in [0.05, 0.1) is 23.8 Å². The van der Waals surface area contributed by atoms with Gasteiger partial charge < -0.3 is 11.5 Å². The first-order valence-corrected chi connectivity index (χ1v) is 7.38. The average molecular weight is 430 g/mol. The number of hydrogen-bond donors (Lipinski definition) is 4. The van der Waals surface area contributed by atoms with Crippen molar-refractivity contribution in [3.8, 4) is 0 Å². The molecule has 0 amide bonds. The van der Waals surface area contributed by atoms with E-state index >= 15 is 0 Å². The minimum Gasteiger partial charge on any atom is -0.375 e. The fourth-order valence-electron chi connectivity index (χ4n) is 1.23. The first-order chi connectivity index (χ1) is 11.6. The summed E-state index contributed by atoms with van der Waals surface area (Å²) in [7, 11) is 0. The number of hydrogen-bond acceptors (Lipinski definition) is 6. The Balaban J connectivity index is 0.000000443. The van der Waals surface area contributed by atoms with Gasteiger partial charge >= 0.3 is 19.8 Å². The molecule has 0 bridgehead atoms. The van der Waals surface area contributed by atoms with E-state index in [0.29, 0.717) is 0 Å². The molecule has 124 valence electrons. The van der Waals surface area contributed by atoms with Crippen LogP contribution >= 0.6 is 24.4 Å². The van der Waals surface area contributed by atoms with Gasteiger partial charge in [0, 0.05) is 12.4 Å². The molecule has 0 atom stereocenters. The predicted molar refractivity (Wildman–Crippen MR) is 109 cm³/mol. The molecule has 0 aliphatic carbocycles. The van der Waals surface area contributed by atoms with Gasteiger partial charge in [-0.05, 0) is 48.7 Å². The molecule has 2 rings (SSSR count). The average Bonchev–Trinajstić information content (AvgIpc) is 2.57. The zero-order chi connectivity index (χ0) is 17.6. The molecule has 0 spiro atoms. The molecule has 0 saturated carbocycles. The monoisotopic (exact) mass is 429 g/mol. The van der Waals surface area contributed by atoms with Gasteiger partial charge in [-0.25, -0.2) is 0 Å². The van der Waals surface area contributed by atoms with Crippen LogP contribution in [0, 0.1) is 0 Å². The normalized spacial score (nSPS) is 9.60. The summed E-state index contributed by atoms with van der Waals surface area (Å²) in [6, 6.07) is 11.1. The van der Waals surface area contributed by atoms with Gasteiger partial charge in [0.25, 0.3) is 0 Å². The van der Waals surface area contributed by atoms with Gasteiger partial charge in [-0.15, -0.1) is 0 Å². The van der Waals surface area contributed by atoms with Crippen LogP contribution in [-0.4, -0.2) is 52.4 Å². The second-order valence-electron chi connectivity index (χ2n) is 3.98. The van der Waals surface area contributed by atoms with Crippen LogP contribution in [0.3, 0.4) is 0 Å². The summed E-state index contributed by atoms with van der Waals surface area (Å²) < 4.78 is 0. The van der Waals surface area contributed by atoms with Crippen molar-refractivity contribution in [2.45, 2.75) is 0 Å². The van der Waals surface area contributed by atoms with Crippen LogP contribution < -0.4 is 22.3 Å². The molecule has 0 aliphatic rings. The molecule has 0 aromatic carbocycles. The van der Waals surface area contributed by atoms with Crippen molar-refractivity contribution in [1.29, 1.82) is 0 Å². The maximum atomic E-state index is 5.14. The van der Waals surface area contributed by atoms with Gasteiger partial charge in [0.2, 0.25) is 0 Å². The third kappa shape index (κ3) is 12.7. The Labute approximate surface area is 169 Å². The van der Waals surface area contributed by atoms with Gasteiger partial charge in [0.1, 0.15) is 0 Å². The minimum atomic E-state index is 0. The van der Waals surface area contributed by atoms with E-state index in [0.717, 1.165) is 11.4 Å². The third-order valence-electron chi connectivity index (χ3n) is 2.12. The molecule has 0 radical (unpaired) electrons.